The number of carbonyl (C=O) groups excluding carboxylic acids is 1. The van der Waals surface area contributed by atoms with Gasteiger partial charge in [0.1, 0.15) is 23.0 Å². The first-order valence-corrected chi connectivity index (χ1v) is 7.73. The van der Waals surface area contributed by atoms with Gasteiger partial charge >= 0.3 is 0 Å². The summed E-state index contributed by atoms with van der Waals surface area (Å²) in [5, 5.41) is 13.5. The van der Waals surface area contributed by atoms with E-state index in [1.54, 1.807) is 11.6 Å². The molecule has 0 fully saturated rings. The van der Waals surface area contributed by atoms with Crippen LogP contribution < -0.4 is 16.0 Å². The first kappa shape index (κ1) is 14.4. The minimum Gasteiger partial charge on any atom is -0.373 e. The van der Waals surface area contributed by atoms with Gasteiger partial charge in [-0.1, -0.05) is 0 Å². The predicted molar refractivity (Wildman–Crippen MR) is 90.8 cm³/mol. The Kier molecular flexibility index (Phi) is 3.30. The SMILES string of the molecule is CNc1cc2nc3c(cnn13)C(=O)NCCc1cc(C)cc(n1)N2. The zero-order valence-corrected chi connectivity index (χ0v) is 13.4. The lowest BCUT2D eigenvalue weighted by Crippen LogP contribution is -2.26. The molecule has 3 aromatic heterocycles. The fraction of sp³-hybridized carbons (Fsp3) is 0.250. The molecule has 0 atom stereocenters. The molecular formula is C16H17N7O. The Morgan fingerprint density at radius 2 is 2.04 bits per heavy atom. The largest absolute Gasteiger partial charge is 0.373 e. The highest BCUT2D eigenvalue weighted by molar-refractivity contribution is 6.00. The minimum atomic E-state index is -0.190. The van der Waals surface area contributed by atoms with Crippen LogP contribution in [0.3, 0.4) is 0 Å². The summed E-state index contributed by atoms with van der Waals surface area (Å²) in [5.41, 5.74) is 2.97. The summed E-state index contributed by atoms with van der Waals surface area (Å²) in [5.74, 6) is 1.87. The van der Waals surface area contributed by atoms with Crippen LogP contribution in [-0.4, -0.2) is 39.1 Å². The summed E-state index contributed by atoms with van der Waals surface area (Å²) >= 11 is 0. The van der Waals surface area contributed by atoms with Gasteiger partial charge in [-0.25, -0.2) is 9.97 Å². The van der Waals surface area contributed by atoms with Crippen LogP contribution in [0.2, 0.25) is 0 Å². The van der Waals surface area contributed by atoms with Gasteiger partial charge in [0.15, 0.2) is 5.65 Å². The first-order chi connectivity index (χ1) is 11.6. The fourth-order valence-corrected chi connectivity index (χ4v) is 2.83. The standard InChI is InChI=1S/C16H17N7O/c1-9-5-10-3-4-18-16(24)11-8-19-23-14(17-2)7-13(22-15(11)23)21-12(6-9)20-10/h5-8,17H,3-4H2,1-2H3,(H,18,24)(H,20,21,22). The number of amides is 1. The second-order valence-corrected chi connectivity index (χ2v) is 5.72. The molecule has 3 aromatic rings. The molecule has 1 amide bonds. The van der Waals surface area contributed by atoms with Crippen molar-refractivity contribution in [3.63, 3.8) is 0 Å². The van der Waals surface area contributed by atoms with E-state index in [0.717, 1.165) is 22.9 Å². The van der Waals surface area contributed by atoms with Crippen LogP contribution >= 0.6 is 0 Å². The van der Waals surface area contributed by atoms with Crippen molar-refractivity contribution in [2.45, 2.75) is 13.3 Å². The van der Waals surface area contributed by atoms with E-state index in [0.29, 0.717) is 30.0 Å². The van der Waals surface area contributed by atoms with Crippen molar-refractivity contribution in [1.29, 1.82) is 0 Å². The third kappa shape index (κ3) is 2.41. The molecule has 0 saturated carbocycles. The Morgan fingerprint density at radius 1 is 1.21 bits per heavy atom. The summed E-state index contributed by atoms with van der Waals surface area (Å²) in [6.45, 7) is 2.52. The summed E-state index contributed by atoms with van der Waals surface area (Å²) in [7, 11) is 1.80. The van der Waals surface area contributed by atoms with Gasteiger partial charge < -0.3 is 16.0 Å². The number of nitrogens with zero attached hydrogens (tertiary/aromatic N) is 4. The van der Waals surface area contributed by atoms with Gasteiger partial charge in [-0.15, -0.1) is 0 Å². The number of pyridine rings is 1. The Balaban J connectivity index is 1.92. The predicted octanol–water partition coefficient (Wildman–Crippen LogP) is 1.50. The highest BCUT2D eigenvalue weighted by Crippen LogP contribution is 2.22. The summed E-state index contributed by atoms with van der Waals surface area (Å²) in [6.07, 6.45) is 2.20. The van der Waals surface area contributed by atoms with Gasteiger partial charge in [0.05, 0.1) is 6.20 Å². The topological polar surface area (TPSA) is 96.2 Å². The molecule has 0 saturated heterocycles. The van der Waals surface area contributed by atoms with Gasteiger partial charge in [0, 0.05) is 31.8 Å². The number of hydrogen-bond acceptors (Lipinski definition) is 6. The van der Waals surface area contributed by atoms with E-state index >= 15 is 0 Å². The molecular weight excluding hydrogens is 306 g/mol. The highest BCUT2D eigenvalue weighted by atomic mass is 16.1. The van der Waals surface area contributed by atoms with E-state index in [9.17, 15) is 4.79 Å². The van der Waals surface area contributed by atoms with E-state index in [4.69, 9.17) is 0 Å². The maximum absolute atomic E-state index is 12.4. The molecule has 8 heteroatoms. The Hall–Kier alpha value is -3.16. The molecule has 3 N–H and O–H groups in total. The van der Waals surface area contributed by atoms with Crippen LogP contribution in [0.1, 0.15) is 21.6 Å². The van der Waals surface area contributed by atoms with Crippen LogP contribution in [0.15, 0.2) is 24.4 Å². The van der Waals surface area contributed by atoms with Crippen LogP contribution in [0.5, 0.6) is 0 Å². The van der Waals surface area contributed by atoms with E-state index in [1.165, 1.54) is 6.20 Å². The van der Waals surface area contributed by atoms with Gasteiger partial charge in [0.2, 0.25) is 0 Å². The fourth-order valence-electron chi connectivity index (χ4n) is 2.83. The van der Waals surface area contributed by atoms with Crippen molar-refractivity contribution in [2.75, 3.05) is 24.2 Å². The van der Waals surface area contributed by atoms with Crippen molar-refractivity contribution >= 4 is 29.0 Å². The van der Waals surface area contributed by atoms with Crippen molar-refractivity contribution in [3.8, 4) is 0 Å². The Bertz CT molecular complexity index is 947. The molecule has 1 aliphatic heterocycles. The maximum atomic E-state index is 12.4. The first-order valence-electron chi connectivity index (χ1n) is 7.73. The van der Waals surface area contributed by atoms with Crippen molar-refractivity contribution in [1.82, 2.24) is 24.9 Å². The average molecular weight is 323 g/mol. The van der Waals surface area contributed by atoms with Crippen molar-refractivity contribution < 1.29 is 4.79 Å². The number of nitrogens with one attached hydrogen (secondary N) is 3. The van der Waals surface area contributed by atoms with Crippen LogP contribution in [0.4, 0.5) is 17.5 Å². The summed E-state index contributed by atoms with van der Waals surface area (Å²) in [6, 6.07) is 5.82. The molecule has 0 unspecified atom stereocenters. The van der Waals surface area contributed by atoms with Gasteiger partial charge in [0.25, 0.3) is 5.91 Å². The lowest BCUT2D eigenvalue weighted by Gasteiger charge is -2.13. The van der Waals surface area contributed by atoms with E-state index in [2.05, 4.69) is 31.0 Å². The normalized spacial score (nSPS) is 13.8. The average Bonchev–Trinajstić information content (AvgIpc) is 2.96. The second-order valence-electron chi connectivity index (χ2n) is 5.72. The van der Waals surface area contributed by atoms with E-state index < -0.39 is 0 Å². The monoisotopic (exact) mass is 323 g/mol. The molecule has 0 aromatic carbocycles. The number of aryl methyl sites for hydroxylation is 1. The molecule has 0 spiro atoms. The number of hydrogen-bond donors (Lipinski definition) is 3. The van der Waals surface area contributed by atoms with Gasteiger partial charge in [-0.2, -0.15) is 9.61 Å². The van der Waals surface area contributed by atoms with Gasteiger partial charge in [-0.3, -0.25) is 4.79 Å². The number of fused-ring (bicyclic) bond motifs is 3. The molecule has 0 aliphatic carbocycles. The molecule has 4 heterocycles. The zero-order chi connectivity index (χ0) is 16.7. The van der Waals surface area contributed by atoms with E-state index in [-0.39, 0.29) is 5.91 Å². The Morgan fingerprint density at radius 3 is 2.88 bits per heavy atom. The quantitative estimate of drug-likeness (QED) is 0.628. The second kappa shape index (κ2) is 5.48. The third-order valence-electron chi connectivity index (χ3n) is 3.92. The van der Waals surface area contributed by atoms with Crippen LogP contribution in [-0.2, 0) is 6.42 Å². The number of rotatable bonds is 1. The maximum Gasteiger partial charge on any atom is 0.256 e. The van der Waals surface area contributed by atoms with E-state index in [1.807, 2.05) is 25.1 Å². The molecule has 4 rings (SSSR count). The molecule has 122 valence electrons. The smallest absolute Gasteiger partial charge is 0.256 e. The number of anilines is 3. The Labute approximate surface area is 138 Å². The van der Waals surface area contributed by atoms with Crippen LogP contribution in [0.25, 0.3) is 5.65 Å². The summed E-state index contributed by atoms with van der Waals surface area (Å²) in [4.78, 5) is 21.6. The zero-order valence-electron chi connectivity index (χ0n) is 13.4. The number of aromatic nitrogens is 4. The lowest BCUT2D eigenvalue weighted by atomic mass is 10.2. The molecule has 0 radical (unpaired) electrons. The summed E-state index contributed by atoms with van der Waals surface area (Å²) < 4.78 is 1.61. The highest BCUT2D eigenvalue weighted by Gasteiger charge is 2.18. The third-order valence-corrected chi connectivity index (χ3v) is 3.92. The van der Waals surface area contributed by atoms with Crippen molar-refractivity contribution in [3.05, 3.63) is 41.2 Å². The van der Waals surface area contributed by atoms with Crippen molar-refractivity contribution in [2.24, 2.45) is 0 Å². The number of carbonyl (C=O) groups is 1. The molecule has 8 nitrogen and oxygen atoms in total. The van der Waals surface area contributed by atoms with Gasteiger partial charge in [-0.05, 0) is 24.6 Å². The molecule has 24 heavy (non-hydrogen) atoms. The molecule has 4 bridgehead atoms. The van der Waals surface area contributed by atoms with Crippen LogP contribution in [0, 0.1) is 6.92 Å². The molecule has 1 aliphatic rings. The lowest BCUT2D eigenvalue weighted by molar-refractivity contribution is 0.0955. The minimum absolute atomic E-state index is 0.190.